The zero-order valence-corrected chi connectivity index (χ0v) is 8.41. The Morgan fingerprint density at radius 3 is 2.35 bits per heavy atom. The van der Waals surface area contributed by atoms with Gasteiger partial charge in [0.2, 0.25) is 0 Å². The number of aromatic carboxylic acids is 2. The number of carbonyl (C=O) groups is 2. The number of fused-ring (bicyclic) bond motifs is 1. The Morgan fingerprint density at radius 2 is 1.76 bits per heavy atom. The van der Waals surface area contributed by atoms with Crippen molar-refractivity contribution in [3.63, 3.8) is 0 Å². The molecule has 86 valence electrons. The molecule has 0 aliphatic rings. The van der Waals surface area contributed by atoms with Crippen molar-refractivity contribution < 1.29 is 24.9 Å². The zero-order valence-electron chi connectivity index (χ0n) is 8.41. The van der Waals surface area contributed by atoms with Crippen molar-refractivity contribution in [2.45, 2.75) is 0 Å². The standard InChI is InChI=1S/C11H7NO5/c13-5-1-2-8-6(3-5)7(10(14)15)4-9(12-8)11(16)17/h1-4,13H,(H,14,15)(H,16,17). The molecule has 0 saturated carbocycles. The van der Waals surface area contributed by atoms with Gasteiger partial charge in [0, 0.05) is 5.39 Å². The van der Waals surface area contributed by atoms with Crippen LogP contribution in [0.25, 0.3) is 10.9 Å². The largest absolute Gasteiger partial charge is 0.508 e. The van der Waals surface area contributed by atoms with Crippen LogP contribution in [0.5, 0.6) is 5.75 Å². The van der Waals surface area contributed by atoms with Gasteiger partial charge in [-0.3, -0.25) is 0 Å². The number of aromatic hydroxyl groups is 1. The third-order valence-electron chi connectivity index (χ3n) is 2.24. The number of pyridine rings is 1. The van der Waals surface area contributed by atoms with E-state index in [-0.39, 0.29) is 27.9 Å². The second-order valence-electron chi connectivity index (χ2n) is 3.37. The summed E-state index contributed by atoms with van der Waals surface area (Å²) >= 11 is 0. The number of hydrogen-bond donors (Lipinski definition) is 3. The smallest absolute Gasteiger partial charge is 0.354 e. The number of carboxylic acid groups (broad SMARTS) is 2. The van der Waals surface area contributed by atoms with E-state index in [0.29, 0.717) is 0 Å². The molecule has 0 bridgehead atoms. The average Bonchev–Trinajstić information content (AvgIpc) is 2.27. The number of phenolic OH excluding ortho intramolecular Hbond substituents is 1. The summed E-state index contributed by atoms with van der Waals surface area (Å²) in [4.78, 5) is 25.6. The molecule has 17 heavy (non-hydrogen) atoms. The lowest BCUT2D eigenvalue weighted by Crippen LogP contribution is -2.06. The third kappa shape index (κ3) is 1.87. The van der Waals surface area contributed by atoms with Crippen LogP contribution in [0, 0.1) is 0 Å². The maximum atomic E-state index is 11.0. The van der Waals surface area contributed by atoms with Gasteiger partial charge in [-0.2, -0.15) is 0 Å². The molecule has 2 aromatic rings. The predicted molar refractivity (Wildman–Crippen MR) is 57.3 cm³/mol. The molecule has 3 N–H and O–H groups in total. The van der Waals surface area contributed by atoms with E-state index in [1.165, 1.54) is 18.2 Å². The highest BCUT2D eigenvalue weighted by Crippen LogP contribution is 2.23. The van der Waals surface area contributed by atoms with Crippen molar-refractivity contribution in [3.8, 4) is 5.75 Å². The lowest BCUT2D eigenvalue weighted by atomic mass is 10.1. The number of hydrogen-bond acceptors (Lipinski definition) is 4. The monoisotopic (exact) mass is 233 g/mol. The molecular formula is C11H7NO5. The van der Waals surface area contributed by atoms with Gasteiger partial charge >= 0.3 is 11.9 Å². The first kappa shape index (κ1) is 10.9. The van der Waals surface area contributed by atoms with Crippen LogP contribution >= 0.6 is 0 Å². The summed E-state index contributed by atoms with van der Waals surface area (Å²) in [5, 5.41) is 27.3. The van der Waals surface area contributed by atoms with E-state index in [4.69, 9.17) is 10.2 Å². The summed E-state index contributed by atoms with van der Waals surface area (Å²) in [5.74, 6) is -2.68. The topological polar surface area (TPSA) is 108 Å². The molecule has 0 saturated heterocycles. The molecular weight excluding hydrogens is 226 g/mol. The Morgan fingerprint density at radius 1 is 1.06 bits per heavy atom. The lowest BCUT2D eigenvalue weighted by molar-refractivity contribution is 0.0691. The second-order valence-corrected chi connectivity index (χ2v) is 3.37. The SMILES string of the molecule is O=C(O)c1cc(C(=O)O)c2cc(O)ccc2n1. The van der Waals surface area contributed by atoms with Gasteiger partial charge in [-0.15, -0.1) is 0 Å². The summed E-state index contributed by atoms with van der Waals surface area (Å²) in [6, 6.07) is 4.87. The van der Waals surface area contributed by atoms with Crippen molar-refractivity contribution in [1.82, 2.24) is 4.98 Å². The molecule has 0 spiro atoms. The molecule has 0 atom stereocenters. The quantitative estimate of drug-likeness (QED) is 0.722. The van der Waals surface area contributed by atoms with Crippen LogP contribution in [0.3, 0.4) is 0 Å². The van der Waals surface area contributed by atoms with Crippen LogP contribution in [-0.2, 0) is 0 Å². The summed E-state index contributed by atoms with van der Waals surface area (Å²) < 4.78 is 0. The molecule has 0 fully saturated rings. The van der Waals surface area contributed by atoms with Crippen molar-refractivity contribution in [2.75, 3.05) is 0 Å². The van der Waals surface area contributed by atoms with Gasteiger partial charge in [-0.1, -0.05) is 0 Å². The Hall–Kier alpha value is -2.63. The van der Waals surface area contributed by atoms with Crippen LogP contribution in [0.4, 0.5) is 0 Å². The van der Waals surface area contributed by atoms with Crippen LogP contribution in [0.2, 0.25) is 0 Å². The summed E-state index contributed by atoms with van der Waals surface area (Å²) in [7, 11) is 0. The summed E-state index contributed by atoms with van der Waals surface area (Å²) in [6.07, 6.45) is 0. The van der Waals surface area contributed by atoms with Gasteiger partial charge in [0.25, 0.3) is 0 Å². The van der Waals surface area contributed by atoms with E-state index in [1.807, 2.05) is 0 Å². The van der Waals surface area contributed by atoms with Gasteiger partial charge in [0.15, 0.2) is 0 Å². The number of nitrogens with zero attached hydrogens (tertiary/aromatic N) is 1. The molecule has 0 aliphatic heterocycles. The van der Waals surface area contributed by atoms with Crippen molar-refractivity contribution in [3.05, 3.63) is 35.5 Å². The van der Waals surface area contributed by atoms with E-state index in [2.05, 4.69) is 4.98 Å². The first-order chi connectivity index (χ1) is 7.99. The lowest BCUT2D eigenvalue weighted by Gasteiger charge is -2.04. The van der Waals surface area contributed by atoms with Crippen molar-refractivity contribution in [2.24, 2.45) is 0 Å². The normalized spacial score (nSPS) is 10.4. The maximum Gasteiger partial charge on any atom is 0.354 e. The van der Waals surface area contributed by atoms with E-state index in [9.17, 15) is 14.7 Å². The fraction of sp³-hybridized carbons (Fsp3) is 0. The van der Waals surface area contributed by atoms with E-state index in [0.717, 1.165) is 6.07 Å². The van der Waals surface area contributed by atoms with Crippen LogP contribution in [0.15, 0.2) is 24.3 Å². The Bertz CT molecular complexity index is 635. The van der Waals surface area contributed by atoms with Gasteiger partial charge < -0.3 is 15.3 Å². The minimum absolute atomic E-state index is 0.107. The molecule has 6 nitrogen and oxygen atoms in total. The average molecular weight is 233 g/mol. The van der Waals surface area contributed by atoms with Crippen molar-refractivity contribution >= 4 is 22.8 Å². The van der Waals surface area contributed by atoms with Crippen LogP contribution in [-0.4, -0.2) is 32.2 Å². The fourth-order valence-corrected chi connectivity index (χ4v) is 1.50. The summed E-state index contributed by atoms with van der Waals surface area (Å²) in [5.41, 5.74) is -0.344. The number of carboxylic acids is 2. The van der Waals surface area contributed by atoms with E-state index in [1.54, 1.807) is 0 Å². The minimum Gasteiger partial charge on any atom is -0.508 e. The number of rotatable bonds is 2. The highest BCUT2D eigenvalue weighted by molar-refractivity contribution is 6.05. The molecule has 1 aromatic heterocycles. The Kier molecular flexibility index (Phi) is 2.40. The van der Waals surface area contributed by atoms with Crippen LogP contribution < -0.4 is 0 Å². The van der Waals surface area contributed by atoms with Gasteiger partial charge in [0.1, 0.15) is 11.4 Å². The zero-order chi connectivity index (χ0) is 12.6. The predicted octanol–water partition coefficient (Wildman–Crippen LogP) is 1.34. The first-order valence-electron chi connectivity index (χ1n) is 4.59. The minimum atomic E-state index is -1.30. The Labute approximate surface area is 94.8 Å². The number of aromatic nitrogens is 1. The highest BCUT2D eigenvalue weighted by Gasteiger charge is 2.15. The second kappa shape index (κ2) is 3.75. The third-order valence-corrected chi connectivity index (χ3v) is 2.24. The van der Waals surface area contributed by atoms with Crippen LogP contribution in [0.1, 0.15) is 20.8 Å². The van der Waals surface area contributed by atoms with Gasteiger partial charge in [0.05, 0.1) is 11.1 Å². The molecule has 0 unspecified atom stereocenters. The Balaban J connectivity index is 2.86. The number of benzene rings is 1. The molecule has 0 radical (unpaired) electrons. The highest BCUT2D eigenvalue weighted by atomic mass is 16.4. The molecule has 0 amide bonds. The molecule has 1 heterocycles. The summed E-state index contributed by atoms with van der Waals surface area (Å²) in [6.45, 7) is 0. The van der Waals surface area contributed by atoms with E-state index < -0.39 is 11.9 Å². The van der Waals surface area contributed by atoms with E-state index >= 15 is 0 Å². The molecule has 6 heteroatoms. The first-order valence-corrected chi connectivity index (χ1v) is 4.59. The number of phenols is 1. The fourth-order valence-electron chi connectivity index (χ4n) is 1.50. The van der Waals surface area contributed by atoms with Gasteiger partial charge in [-0.25, -0.2) is 14.6 Å². The van der Waals surface area contributed by atoms with Crippen molar-refractivity contribution in [1.29, 1.82) is 0 Å². The van der Waals surface area contributed by atoms with Gasteiger partial charge in [-0.05, 0) is 24.3 Å². The molecule has 1 aromatic carbocycles. The molecule has 0 aliphatic carbocycles. The maximum absolute atomic E-state index is 11.0. The molecule has 2 rings (SSSR count).